The standard InChI is InChI=1S/C40H53N7O5/c1-5-30(41)23-34(44-37(48)32-20-19-27-15-11-12-18-31(27)42-32)38(49)43-33(21-26-13-7-6-8-14-26)36(52-46-51)25-47-24-29-17-10-9-16-28(29)22-35(47)39(50)45-40(2,3)4/h5-8,11-15,18-20,28-29,33-36H,9-10,16-17,21-25,41H2,1-4H3,(H,43,49)(H,44,48)(H,45,50)/b30-5+/t28-,29+,33?,34?,35?,36?/m0/s1. The van der Waals surface area contributed by atoms with Gasteiger partial charge in [-0.25, -0.2) is 4.98 Å². The summed E-state index contributed by atoms with van der Waals surface area (Å²) in [7, 11) is 0. The van der Waals surface area contributed by atoms with Crippen LogP contribution in [0.25, 0.3) is 10.9 Å². The first-order valence-electron chi connectivity index (χ1n) is 18.4. The Morgan fingerprint density at radius 3 is 2.42 bits per heavy atom. The number of hydrogen-bond donors (Lipinski definition) is 4. The van der Waals surface area contributed by atoms with Gasteiger partial charge in [-0.15, -0.1) is 4.91 Å². The maximum Gasteiger partial charge on any atom is 0.270 e. The summed E-state index contributed by atoms with van der Waals surface area (Å²) >= 11 is 0. The molecule has 6 atom stereocenters. The van der Waals surface area contributed by atoms with Gasteiger partial charge >= 0.3 is 0 Å². The number of carbonyl (C=O) groups is 3. The van der Waals surface area contributed by atoms with Crippen LogP contribution in [0.5, 0.6) is 0 Å². The van der Waals surface area contributed by atoms with Crippen LogP contribution in [0.15, 0.2) is 83.8 Å². The number of para-hydroxylation sites is 1. The summed E-state index contributed by atoms with van der Waals surface area (Å²) < 4.78 is 0. The molecule has 0 bridgehead atoms. The van der Waals surface area contributed by atoms with E-state index in [0.29, 0.717) is 42.4 Å². The molecule has 1 aliphatic heterocycles. The van der Waals surface area contributed by atoms with Crippen molar-refractivity contribution in [2.24, 2.45) is 22.9 Å². The van der Waals surface area contributed by atoms with Crippen LogP contribution in [-0.4, -0.2) is 70.5 Å². The molecule has 52 heavy (non-hydrogen) atoms. The largest absolute Gasteiger partial charge is 0.402 e. The van der Waals surface area contributed by atoms with Gasteiger partial charge in [0, 0.05) is 36.1 Å². The molecule has 12 nitrogen and oxygen atoms in total. The molecule has 1 aromatic heterocycles. The second-order valence-corrected chi connectivity index (χ2v) is 15.3. The van der Waals surface area contributed by atoms with Gasteiger partial charge in [0.15, 0.2) is 11.4 Å². The molecule has 1 saturated heterocycles. The number of likely N-dealkylation sites (tertiary alicyclic amines) is 1. The number of benzene rings is 2. The fourth-order valence-electron chi connectivity index (χ4n) is 7.56. The van der Waals surface area contributed by atoms with E-state index in [2.05, 4.69) is 31.2 Å². The molecular weight excluding hydrogens is 658 g/mol. The van der Waals surface area contributed by atoms with E-state index in [1.54, 1.807) is 19.1 Å². The Hall–Kier alpha value is -4.84. The highest BCUT2D eigenvalue weighted by molar-refractivity contribution is 5.98. The van der Waals surface area contributed by atoms with Crippen LogP contribution >= 0.6 is 0 Å². The third-order valence-corrected chi connectivity index (χ3v) is 10.2. The van der Waals surface area contributed by atoms with E-state index in [1.807, 2.05) is 81.4 Å². The molecule has 2 aromatic carbocycles. The number of amides is 3. The molecule has 1 aliphatic carbocycles. The quantitative estimate of drug-likeness (QED) is 0.131. The minimum Gasteiger partial charge on any atom is -0.402 e. The molecule has 3 amide bonds. The zero-order valence-electron chi connectivity index (χ0n) is 30.7. The Morgan fingerprint density at radius 2 is 1.71 bits per heavy atom. The first-order chi connectivity index (χ1) is 24.9. The number of nitrogens with one attached hydrogen (secondary N) is 3. The van der Waals surface area contributed by atoms with Crippen molar-refractivity contribution < 1.29 is 19.2 Å². The van der Waals surface area contributed by atoms with Crippen LogP contribution in [0.4, 0.5) is 0 Å². The van der Waals surface area contributed by atoms with E-state index in [0.717, 1.165) is 36.6 Å². The molecule has 5 N–H and O–H groups in total. The molecule has 12 heteroatoms. The van der Waals surface area contributed by atoms with Crippen molar-refractivity contribution in [1.82, 2.24) is 25.8 Å². The van der Waals surface area contributed by atoms with Gasteiger partial charge in [0.1, 0.15) is 11.7 Å². The molecule has 5 rings (SSSR count). The molecular formula is C40H53N7O5. The third kappa shape index (κ3) is 10.4. The van der Waals surface area contributed by atoms with Crippen molar-refractivity contribution in [1.29, 1.82) is 0 Å². The van der Waals surface area contributed by atoms with Gasteiger partial charge in [-0.3, -0.25) is 19.3 Å². The van der Waals surface area contributed by atoms with Crippen molar-refractivity contribution in [2.75, 3.05) is 13.1 Å². The number of carbonyl (C=O) groups excluding carboxylic acids is 3. The van der Waals surface area contributed by atoms with Gasteiger partial charge in [-0.2, -0.15) is 0 Å². The molecule has 278 valence electrons. The lowest BCUT2D eigenvalue weighted by Crippen LogP contribution is -2.61. The lowest BCUT2D eigenvalue weighted by Gasteiger charge is -2.47. The first-order valence-corrected chi connectivity index (χ1v) is 18.4. The van der Waals surface area contributed by atoms with E-state index in [9.17, 15) is 19.3 Å². The summed E-state index contributed by atoms with van der Waals surface area (Å²) in [5.41, 5.74) is 7.92. The van der Waals surface area contributed by atoms with E-state index >= 15 is 0 Å². The van der Waals surface area contributed by atoms with E-state index < -0.39 is 41.6 Å². The minimum atomic E-state index is -1.07. The highest BCUT2D eigenvalue weighted by Crippen LogP contribution is 2.39. The fourth-order valence-corrected chi connectivity index (χ4v) is 7.56. The number of nitrogens with zero attached hydrogens (tertiary/aromatic N) is 3. The Balaban J connectivity index is 1.42. The Bertz CT molecular complexity index is 1730. The molecule has 2 heterocycles. The average molecular weight is 712 g/mol. The maximum absolute atomic E-state index is 14.2. The number of aromatic nitrogens is 1. The fraction of sp³-hybridized carbons (Fsp3) is 0.500. The van der Waals surface area contributed by atoms with E-state index in [1.165, 1.54) is 0 Å². The number of rotatable bonds is 14. The van der Waals surface area contributed by atoms with Gasteiger partial charge in [0.25, 0.3) is 5.91 Å². The molecule has 3 aromatic rings. The summed E-state index contributed by atoms with van der Waals surface area (Å²) in [5.74, 6) is -0.230. The van der Waals surface area contributed by atoms with Crippen LogP contribution in [0.1, 0.15) is 82.3 Å². The predicted molar refractivity (Wildman–Crippen MR) is 202 cm³/mol. The van der Waals surface area contributed by atoms with Crippen molar-refractivity contribution in [3.63, 3.8) is 0 Å². The molecule has 1 saturated carbocycles. The van der Waals surface area contributed by atoms with Gasteiger partial charge in [0.05, 0.1) is 17.6 Å². The van der Waals surface area contributed by atoms with E-state index in [-0.39, 0.29) is 24.6 Å². The lowest BCUT2D eigenvalue weighted by atomic mass is 9.72. The second-order valence-electron chi connectivity index (χ2n) is 15.3. The number of fused-ring (bicyclic) bond motifs is 2. The smallest absolute Gasteiger partial charge is 0.270 e. The molecule has 0 spiro atoms. The van der Waals surface area contributed by atoms with Crippen LogP contribution in [0.2, 0.25) is 0 Å². The highest BCUT2D eigenvalue weighted by Gasteiger charge is 2.43. The second kappa shape index (κ2) is 17.6. The molecule has 2 fully saturated rings. The Morgan fingerprint density at radius 1 is 1.00 bits per heavy atom. The van der Waals surface area contributed by atoms with Crippen molar-refractivity contribution in [3.8, 4) is 0 Å². The summed E-state index contributed by atoms with van der Waals surface area (Å²) in [6.45, 7) is 8.50. The van der Waals surface area contributed by atoms with Crippen LogP contribution < -0.4 is 21.7 Å². The molecule has 2 aliphatic rings. The number of hydrogen-bond acceptors (Lipinski definition) is 9. The lowest BCUT2D eigenvalue weighted by molar-refractivity contribution is -0.134. The zero-order chi connectivity index (χ0) is 37.3. The average Bonchev–Trinajstić information content (AvgIpc) is 3.13. The first kappa shape index (κ1) is 38.4. The highest BCUT2D eigenvalue weighted by atomic mass is 16.7. The minimum absolute atomic E-state index is 0.0431. The normalized spacial score (nSPS) is 21.2. The van der Waals surface area contributed by atoms with Gasteiger partial charge < -0.3 is 26.5 Å². The number of piperidine rings is 1. The SMILES string of the molecule is C/C=C(/N)CC(NC(=O)c1ccc2ccccc2n1)C(=O)NC(Cc1ccccc1)C(CN1C[C@H]2CCCC[C@H]2CC1C(=O)NC(C)(C)C)ON=O. The third-order valence-electron chi connectivity index (χ3n) is 10.2. The Labute approximate surface area is 306 Å². The summed E-state index contributed by atoms with van der Waals surface area (Å²) in [5, 5.41) is 12.8. The predicted octanol–water partition coefficient (Wildman–Crippen LogP) is 5.18. The summed E-state index contributed by atoms with van der Waals surface area (Å²) in [6, 6.07) is 18.2. The van der Waals surface area contributed by atoms with Crippen molar-refractivity contribution in [2.45, 2.75) is 102 Å². The Kier molecular flexibility index (Phi) is 13.0. The van der Waals surface area contributed by atoms with Gasteiger partial charge in [0.2, 0.25) is 11.8 Å². The van der Waals surface area contributed by atoms with Crippen LogP contribution in [0.3, 0.4) is 0 Å². The van der Waals surface area contributed by atoms with E-state index in [4.69, 9.17) is 10.6 Å². The van der Waals surface area contributed by atoms with Crippen LogP contribution in [-0.2, 0) is 20.8 Å². The van der Waals surface area contributed by atoms with Gasteiger partial charge in [-0.05, 0) is 76.5 Å². The van der Waals surface area contributed by atoms with Gasteiger partial charge in [-0.1, -0.05) is 79.9 Å². The monoisotopic (exact) mass is 711 g/mol. The van der Waals surface area contributed by atoms with Crippen molar-refractivity contribution >= 4 is 28.6 Å². The molecule has 0 radical (unpaired) electrons. The van der Waals surface area contributed by atoms with Crippen LogP contribution in [0, 0.1) is 16.7 Å². The maximum atomic E-state index is 14.2. The van der Waals surface area contributed by atoms with Crippen molar-refractivity contribution in [3.05, 3.63) is 94.7 Å². The summed E-state index contributed by atoms with van der Waals surface area (Å²) in [6.07, 6.45) is 6.31. The zero-order valence-corrected chi connectivity index (χ0v) is 30.7. The summed E-state index contributed by atoms with van der Waals surface area (Å²) in [4.78, 5) is 65.6. The molecule has 4 unspecified atom stereocenters. The number of allylic oxidation sites excluding steroid dienone is 1. The number of nitrogens with two attached hydrogens (primary N) is 1. The number of pyridine rings is 1. The topological polar surface area (TPSA) is 168 Å².